The smallest absolute Gasteiger partial charge is 0.227 e. The van der Waals surface area contributed by atoms with E-state index in [1.807, 2.05) is 11.9 Å². The molecule has 2 aliphatic rings. The molecule has 1 saturated heterocycles. The highest BCUT2D eigenvalue weighted by molar-refractivity contribution is 5.85. The number of nitrogens with zero attached hydrogens (tertiary/aromatic N) is 2. The molecule has 0 aromatic heterocycles. The Morgan fingerprint density at radius 3 is 2.50 bits per heavy atom. The van der Waals surface area contributed by atoms with E-state index in [2.05, 4.69) is 49.1 Å². The molecule has 1 aromatic rings. The predicted molar refractivity (Wildman–Crippen MR) is 121 cm³/mol. The molecule has 1 aromatic carbocycles. The van der Waals surface area contributed by atoms with Gasteiger partial charge in [0.1, 0.15) is 0 Å². The third kappa shape index (κ3) is 5.85. The Labute approximate surface area is 183 Å². The minimum atomic E-state index is -0.344. The molecular weight excluding hydrogens is 393 g/mol. The lowest BCUT2D eigenvalue weighted by molar-refractivity contribution is -0.141. The summed E-state index contributed by atoms with van der Waals surface area (Å²) < 4.78 is 0. The number of likely N-dealkylation sites (tertiary alicyclic amines) is 1. The van der Waals surface area contributed by atoms with Crippen LogP contribution in [0.2, 0.25) is 0 Å². The van der Waals surface area contributed by atoms with E-state index in [9.17, 15) is 4.79 Å². The number of hydrogen-bond donors (Lipinski definition) is 1. The lowest BCUT2D eigenvalue weighted by Crippen LogP contribution is -2.56. The van der Waals surface area contributed by atoms with Crippen molar-refractivity contribution >= 4 is 30.7 Å². The topological polar surface area (TPSA) is 49.6 Å². The lowest BCUT2D eigenvalue weighted by atomic mass is 9.73. The minimum Gasteiger partial charge on any atom is -0.342 e. The number of piperidine rings is 1. The van der Waals surface area contributed by atoms with Gasteiger partial charge in [0.25, 0.3) is 0 Å². The number of nitrogens with two attached hydrogens (primary N) is 1. The van der Waals surface area contributed by atoms with Crippen LogP contribution in [0.15, 0.2) is 30.3 Å². The van der Waals surface area contributed by atoms with Crippen molar-refractivity contribution in [3.63, 3.8) is 0 Å². The van der Waals surface area contributed by atoms with Crippen LogP contribution in [0.5, 0.6) is 0 Å². The van der Waals surface area contributed by atoms with Crippen LogP contribution in [-0.4, -0.2) is 46.9 Å². The van der Waals surface area contributed by atoms with E-state index in [1.54, 1.807) is 0 Å². The molecule has 1 aliphatic heterocycles. The number of carbonyl (C=O) groups is 1. The van der Waals surface area contributed by atoms with Crippen molar-refractivity contribution in [3.05, 3.63) is 35.9 Å². The van der Waals surface area contributed by atoms with Gasteiger partial charge < -0.3 is 10.6 Å². The predicted octanol–water partition coefficient (Wildman–Crippen LogP) is 4.25. The van der Waals surface area contributed by atoms with E-state index in [1.165, 1.54) is 5.56 Å². The molecule has 2 fully saturated rings. The molecule has 28 heavy (non-hydrogen) atoms. The van der Waals surface area contributed by atoms with Crippen molar-refractivity contribution in [3.8, 4) is 0 Å². The molecule has 160 valence electrons. The summed E-state index contributed by atoms with van der Waals surface area (Å²) in [6, 6.07) is 11.5. The van der Waals surface area contributed by atoms with Gasteiger partial charge in [-0.25, -0.2) is 0 Å². The zero-order chi connectivity index (χ0) is 18.7. The molecule has 3 rings (SSSR count). The van der Waals surface area contributed by atoms with Gasteiger partial charge in [-0.1, -0.05) is 43.2 Å². The van der Waals surface area contributed by atoms with Crippen molar-refractivity contribution in [2.75, 3.05) is 13.6 Å². The summed E-state index contributed by atoms with van der Waals surface area (Å²) >= 11 is 0. The normalized spacial score (nSPS) is 30.6. The number of amides is 1. The Balaban J connectivity index is 0.00000196. The van der Waals surface area contributed by atoms with Gasteiger partial charge in [0, 0.05) is 37.8 Å². The Morgan fingerprint density at radius 2 is 1.89 bits per heavy atom. The van der Waals surface area contributed by atoms with Crippen LogP contribution in [0, 0.1) is 5.92 Å². The summed E-state index contributed by atoms with van der Waals surface area (Å²) in [7, 11) is 2.00. The van der Waals surface area contributed by atoms with Crippen molar-refractivity contribution in [2.45, 2.75) is 76.5 Å². The molecule has 4 unspecified atom stereocenters. The van der Waals surface area contributed by atoms with Crippen molar-refractivity contribution in [2.24, 2.45) is 11.7 Å². The molecule has 0 spiro atoms. The quantitative estimate of drug-likeness (QED) is 0.777. The summed E-state index contributed by atoms with van der Waals surface area (Å²) in [6.45, 7) is 6.40. The average molecular weight is 430 g/mol. The van der Waals surface area contributed by atoms with Gasteiger partial charge in [0.15, 0.2) is 0 Å². The first-order chi connectivity index (χ1) is 12.4. The largest absolute Gasteiger partial charge is 0.342 e. The Morgan fingerprint density at radius 1 is 1.21 bits per heavy atom. The highest BCUT2D eigenvalue weighted by Crippen LogP contribution is 2.34. The zero-order valence-corrected chi connectivity index (χ0v) is 19.1. The van der Waals surface area contributed by atoms with Gasteiger partial charge >= 0.3 is 0 Å². The first-order valence-electron chi connectivity index (χ1n) is 10.2. The van der Waals surface area contributed by atoms with E-state index < -0.39 is 0 Å². The molecule has 4 nitrogen and oxygen atoms in total. The van der Waals surface area contributed by atoms with Crippen LogP contribution >= 0.6 is 24.8 Å². The Bertz CT molecular complexity index is 611. The van der Waals surface area contributed by atoms with E-state index in [0.29, 0.717) is 12.1 Å². The molecule has 0 radical (unpaired) electrons. The second-order valence-corrected chi connectivity index (χ2v) is 8.74. The Kier molecular flexibility index (Phi) is 9.75. The maximum atomic E-state index is 13.1. The second-order valence-electron chi connectivity index (χ2n) is 8.74. The molecule has 2 N–H and O–H groups in total. The summed E-state index contributed by atoms with van der Waals surface area (Å²) in [6.07, 6.45) is 6.27. The number of halogens is 2. The molecule has 0 bridgehead atoms. The van der Waals surface area contributed by atoms with Crippen molar-refractivity contribution in [1.29, 1.82) is 0 Å². The number of carbonyl (C=O) groups excluding carboxylic acids is 1. The van der Waals surface area contributed by atoms with Gasteiger partial charge in [-0.3, -0.25) is 9.69 Å². The molecule has 1 aliphatic carbocycles. The van der Waals surface area contributed by atoms with Crippen molar-refractivity contribution < 1.29 is 4.79 Å². The average Bonchev–Trinajstić information content (AvgIpc) is 2.63. The third-order valence-electron chi connectivity index (χ3n) is 6.66. The van der Waals surface area contributed by atoms with E-state index >= 15 is 0 Å². The Hall–Kier alpha value is -0.810. The van der Waals surface area contributed by atoms with Crippen LogP contribution in [-0.2, 0) is 11.3 Å². The molecular formula is C22H37Cl2N3O. The highest BCUT2D eigenvalue weighted by Gasteiger charge is 2.41. The highest BCUT2D eigenvalue weighted by atomic mass is 35.5. The monoisotopic (exact) mass is 429 g/mol. The van der Waals surface area contributed by atoms with Gasteiger partial charge in [0.05, 0.1) is 5.92 Å². The molecule has 1 amide bonds. The lowest BCUT2D eigenvalue weighted by Gasteiger charge is -2.44. The molecule has 6 heteroatoms. The summed E-state index contributed by atoms with van der Waals surface area (Å²) in [5, 5.41) is 0. The van der Waals surface area contributed by atoms with E-state index in [-0.39, 0.29) is 42.2 Å². The van der Waals surface area contributed by atoms with Crippen LogP contribution in [0.3, 0.4) is 0 Å². The SMILES string of the molecule is CC1CC(N(C)C(=O)C2CCCCC2(C)N)CCN1Cc1ccccc1.Cl.Cl. The fourth-order valence-electron chi connectivity index (χ4n) is 4.79. The van der Waals surface area contributed by atoms with E-state index in [4.69, 9.17) is 5.73 Å². The standard InChI is InChI=1S/C22H35N3O.2ClH/c1-17-15-19(12-14-25(17)16-18-9-5-4-6-10-18)24(3)21(26)20-11-7-8-13-22(20,2)23;;/h4-6,9-10,17,19-20H,7-8,11-16,23H2,1-3H3;2*1H. The van der Waals surface area contributed by atoms with Crippen LogP contribution in [0.25, 0.3) is 0 Å². The van der Waals surface area contributed by atoms with Gasteiger partial charge in [0.2, 0.25) is 5.91 Å². The summed E-state index contributed by atoms with van der Waals surface area (Å²) in [5.74, 6) is 0.252. The van der Waals surface area contributed by atoms with Crippen LogP contribution in [0.4, 0.5) is 0 Å². The minimum absolute atomic E-state index is 0. The van der Waals surface area contributed by atoms with Gasteiger partial charge in [-0.15, -0.1) is 24.8 Å². The van der Waals surface area contributed by atoms with Crippen LogP contribution < -0.4 is 5.73 Å². The number of benzene rings is 1. The number of hydrogen-bond acceptors (Lipinski definition) is 3. The first kappa shape index (κ1) is 25.2. The van der Waals surface area contributed by atoms with Gasteiger partial charge in [-0.2, -0.15) is 0 Å². The zero-order valence-electron chi connectivity index (χ0n) is 17.5. The molecule has 1 saturated carbocycles. The second kappa shape index (κ2) is 10.8. The van der Waals surface area contributed by atoms with Crippen LogP contribution in [0.1, 0.15) is 57.9 Å². The third-order valence-corrected chi connectivity index (χ3v) is 6.66. The first-order valence-corrected chi connectivity index (χ1v) is 10.2. The molecule has 4 atom stereocenters. The summed E-state index contributed by atoms with van der Waals surface area (Å²) in [5.41, 5.74) is 7.49. The number of rotatable bonds is 4. The fraction of sp³-hybridized carbons (Fsp3) is 0.682. The van der Waals surface area contributed by atoms with E-state index in [0.717, 1.165) is 51.6 Å². The maximum Gasteiger partial charge on any atom is 0.227 e. The maximum absolute atomic E-state index is 13.1. The molecule has 1 heterocycles. The van der Waals surface area contributed by atoms with Gasteiger partial charge in [-0.05, 0) is 45.1 Å². The summed E-state index contributed by atoms with van der Waals surface area (Å²) in [4.78, 5) is 17.7. The van der Waals surface area contributed by atoms with Crippen molar-refractivity contribution in [1.82, 2.24) is 9.80 Å². The fourth-order valence-corrected chi connectivity index (χ4v) is 4.79.